The van der Waals surface area contributed by atoms with Crippen molar-refractivity contribution in [3.8, 4) is 5.69 Å². The zero-order valence-electron chi connectivity index (χ0n) is 14.5. The molecule has 2 heterocycles. The van der Waals surface area contributed by atoms with Gasteiger partial charge in [-0.15, -0.1) is 12.4 Å². The number of hydrogen-bond acceptors (Lipinski definition) is 1. The Morgan fingerprint density at radius 2 is 1.68 bits per heavy atom. The molecule has 25 heavy (non-hydrogen) atoms. The van der Waals surface area contributed by atoms with Crippen LogP contribution in [0.4, 0.5) is 4.39 Å². The van der Waals surface area contributed by atoms with Gasteiger partial charge in [-0.2, -0.15) is 0 Å². The van der Waals surface area contributed by atoms with Gasteiger partial charge in [0.1, 0.15) is 5.82 Å². The molecule has 0 spiro atoms. The van der Waals surface area contributed by atoms with Gasteiger partial charge in [0.05, 0.1) is 5.52 Å². The third-order valence-corrected chi connectivity index (χ3v) is 5.18. The summed E-state index contributed by atoms with van der Waals surface area (Å²) in [5.74, 6) is -0.196. The van der Waals surface area contributed by atoms with Gasteiger partial charge in [0.15, 0.2) is 0 Å². The van der Waals surface area contributed by atoms with Crippen LogP contribution in [-0.2, 0) is 6.42 Å². The normalized spacial score (nSPS) is 16.1. The van der Waals surface area contributed by atoms with E-state index in [1.54, 1.807) is 0 Å². The van der Waals surface area contributed by atoms with Gasteiger partial charge in [0, 0.05) is 23.3 Å². The fourth-order valence-electron chi connectivity index (χ4n) is 3.86. The van der Waals surface area contributed by atoms with Crippen molar-refractivity contribution in [3.05, 3.63) is 66.1 Å². The van der Waals surface area contributed by atoms with Gasteiger partial charge in [-0.05, 0) is 75.2 Å². The Bertz CT molecular complexity index is 835. The molecule has 2 nitrogen and oxygen atoms in total. The van der Waals surface area contributed by atoms with Gasteiger partial charge in [-0.25, -0.2) is 4.39 Å². The Hall–Kier alpha value is -1.84. The van der Waals surface area contributed by atoms with Crippen LogP contribution >= 0.6 is 12.4 Å². The first-order valence-corrected chi connectivity index (χ1v) is 8.81. The highest BCUT2D eigenvalue weighted by atomic mass is 35.5. The third-order valence-electron chi connectivity index (χ3n) is 5.18. The number of halogens is 2. The minimum Gasteiger partial charge on any atom is -0.316 e. The lowest BCUT2D eigenvalue weighted by Crippen LogP contribution is -2.31. The van der Waals surface area contributed by atoms with Crippen molar-refractivity contribution in [2.75, 3.05) is 13.1 Å². The average molecular weight is 359 g/mol. The first kappa shape index (κ1) is 18.0. The first-order valence-electron chi connectivity index (χ1n) is 8.81. The minimum absolute atomic E-state index is 0. The number of para-hydroxylation sites is 1. The summed E-state index contributed by atoms with van der Waals surface area (Å²) in [5, 5.41) is 1.30. The summed E-state index contributed by atoms with van der Waals surface area (Å²) in [6, 6.07) is 15.8. The number of rotatable bonds is 4. The highest BCUT2D eigenvalue weighted by molar-refractivity contribution is 5.86. The summed E-state index contributed by atoms with van der Waals surface area (Å²) in [5.41, 5.74) is 3.56. The summed E-state index contributed by atoms with van der Waals surface area (Å²) >= 11 is 0. The molecule has 1 aliphatic heterocycles. The van der Waals surface area contributed by atoms with Gasteiger partial charge >= 0.3 is 0 Å². The Balaban J connectivity index is 0.00000182. The van der Waals surface area contributed by atoms with Crippen LogP contribution in [0.25, 0.3) is 16.6 Å². The number of nitrogens with zero attached hydrogens (tertiary/aromatic N) is 2. The van der Waals surface area contributed by atoms with Gasteiger partial charge in [0.25, 0.3) is 0 Å². The maximum Gasteiger partial charge on any atom is 0.123 e. The highest BCUT2D eigenvalue weighted by Crippen LogP contribution is 2.27. The number of likely N-dealkylation sites (tertiary alicyclic amines) is 1. The second kappa shape index (κ2) is 7.59. The summed E-state index contributed by atoms with van der Waals surface area (Å²) in [4.78, 5) is 2.59. The maximum absolute atomic E-state index is 13.3. The van der Waals surface area contributed by atoms with Crippen molar-refractivity contribution in [2.24, 2.45) is 0 Å². The van der Waals surface area contributed by atoms with Crippen LogP contribution in [0.2, 0.25) is 0 Å². The van der Waals surface area contributed by atoms with Crippen LogP contribution in [-0.4, -0.2) is 28.6 Å². The van der Waals surface area contributed by atoms with Gasteiger partial charge in [0.2, 0.25) is 0 Å². The molecule has 3 aromatic rings. The summed E-state index contributed by atoms with van der Waals surface area (Å²) in [6.07, 6.45) is 5.92. The molecule has 0 amide bonds. The standard InChI is InChI=1S/C21H23FN2.ClH/c1-16(23-12-4-5-13-23)14-17-15-24(19-10-8-18(22)9-11-19)21-7-3-2-6-20(17)21;/h2-3,6-11,15-16H,4-5,12-14H2,1H3;1H. The van der Waals surface area contributed by atoms with E-state index in [0.29, 0.717) is 6.04 Å². The molecule has 0 radical (unpaired) electrons. The summed E-state index contributed by atoms with van der Waals surface area (Å²) in [6.45, 7) is 4.77. The zero-order chi connectivity index (χ0) is 16.5. The SMILES string of the molecule is CC(Cc1cn(-c2ccc(F)cc2)c2ccccc12)N1CCCC1.Cl. The largest absolute Gasteiger partial charge is 0.316 e. The van der Waals surface area contributed by atoms with Crippen LogP contribution < -0.4 is 0 Å². The van der Waals surface area contributed by atoms with E-state index in [4.69, 9.17) is 0 Å². The van der Waals surface area contributed by atoms with Crippen molar-refractivity contribution < 1.29 is 4.39 Å². The van der Waals surface area contributed by atoms with E-state index < -0.39 is 0 Å². The van der Waals surface area contributed by atoms with Crippen molar-refractivity contribution in [2.45, 2.75) is 32.2 Å². The van der Waals surface area contributed by atoms with Gasteiger partial charge in [-0.1, -0.05) is 18.2 Å². The van der Waals surface area contributed by atoms with E-state index >= 15 is 0 Å². The fourth-order valence-corrected chi connectivity index (χ4v) is 3.86. The monoisotopic (exact) mass is 358 g/mol. The molecule has 0 aliphatic carbocycles. The number of benzene rings is 2. The molecule has 132 valence electrons. The quantitative estimate of drug-likeness (QED) is 0.620. The van der Waals surface area contributed by atoms with Crippen LogP contribution in [0.1, 0.15) is 25.3 Å². The number of aromatic nitrogens is 1. The van der Waals surface area contributed by atoms with E-state index in [1.807, 2.05) is 12.1 Å². The van der Waals surface area contributed by atoms with Crippen molar-refractivity contribution in [1.29, 1.82) is 0 Å². The predicted octanol–water partition coefficient (Wildman–Crippen LogP) is 5.22. The minimum atomic E-state index is -0.196. The molecule has 0 saturated carbocycles. The van der Waals surface area contributed by atoms with Crippen molar-refractivity contribution >= 4 is 23.3 Å². The van der Waals surface area contributed by atoms with Crippen LogP contribution in [0.15, 0.2) is 54.7 Å². The van der Waals surface area contributed by atoms with E-state index in [9.17, 15) is 4.39 Å². The second-order valence-corrected chi connectivity index (χ2v) is 6.81. The lowest BCUT2D eigenvalue weighted by Gasteiger charge is -2.23. The molecule has 0 bridgehead atoms. The summed E-state index contributed by atoms with van der Waals surface area (Å²) in [7, 11) is 0. The van der Waals surface area contributed by atoms with Crippen LogP contribution in [0.3, 0.4) is 0 Å². The average Bonchev–Trinajstić information content (AvgIpc) is 3.25. The fraction of sp³-hybridized carbons (Fsp3) is 0.333. The Labute approximate surface area is 154 Å². The molecule has 1 unspecified atom stereocenters. The topological polar surface area (TPSA) is 8.17 Å². The maximum atomic E-state index is 13.3. The number of hydrogen-bond donors (Lipinski definition) is 0. The van der Waals surface area contributed by atoms with Crippen molar-refractivity contribution in [1.82, 2.24) is 9.47 Å². The molecule has 1 atom stereocenters. The molecule has 1 saturated heterocycles. The van der Waals surface area contributed by atoms with Crippen LogP contribution in [0.5, 0.6) is 0 Å². The lowest BCUT2D eigenvalue weighted by atomic mass is 10.1. The molecule has 4 heteroatoms. The molecular formula is C21H24ClFN2. The molecule has 1 aliphatic rings. The molecule has 4 rings (SSSR count). The zero-order valence-corrected chi connectivity index (χ0v) is 15.3. The molecule has 2 aromatic carbocycles. The molecule has 1 fully saturated rings. The van der Waals surface area contributed by atoms with Crippen LogP contribution in [0, 0.1) is 5.82 Å². The van der Waals surface area contributed by atoms with Gasteiger partial charge in [-0.3, -0.25) is 0 Å². The third kappa shape index (κ3) is 3.58. The van der Waals surface area contributed by atoms with Crippen molar-refractivity contribution in [3.63, 3.8) is 0 Å². The van der Waals surface area contributed by atoms with E-state index in [2.05, 4.69) is 46.9 Å². The lowest BCUT2D eigenvalue weighted by molar-refractivity contribution is 0.258. The molecule has 0 N–H and O–H groups in total. The van der Waals surface area contributed by atoms with E-state index in [0.717, 1.165) is 12.1 Å². The molecule has 1 aromatic heterocycles. The first-order chi connectivity index (χ1) is 11.7. The molecular weight excluding hydrogens is 335 g/mol. The second-order valence-electron chi connectivity index (χ2n) is 6.81. The van der Waals surface area contributed by atoms with Gasteiger partial charge < -0.3 is 9.47 Å². The Kier molecular flexibility index (Phi) is 5.45. The smallest absolute Gasteiger partial charge is 0.123 e. The highest BCUT2D eigenvalue weighted by Gasteiger charge is 2.20. The van der Waals surface area contributed by atoms with E-state index in [1.165, 1.54) is 54.5 Å². The Morgan fingerprint density at radius 1 is 1.00 bits per heavy atom. The summed E-state index contributed by atoms with van der Waals surface area (Å²) < 4.78 is 15.4. The van der Waals surface area contributed by atoms with E-state index in [-0.39, 0.29) is 18.2 Å². The number of fused-ring (bicyclic) bond motifs is 1. The predicted molar refractivity (Wildman–Crippen MR) is 104 cm³/mol. The Morgan fingerprint density at radius 3 is 2.40 bits per heavy atom.